The van der Waals surface area contributed by atoms with Crippen LogP contribution in [0.15, 0.2) is 42.5 Å². The molecule has 102 valence electrons. The summed E-state index contributed by atoms with van der Waals surface area (Å²) in [6.07, 6.45) is -0.0756. The number of carbonyl (C=O) groups excluding carboxylic acids is 1. The van der Waals surface area contributed by atoms with Crippen LogP contribution in [0.5, 0.6) is 0 Å². The summed E-state index contributed by atoms with van der Waals surface area (Å²) in [6, 6.07) is 10.6. The highest BCUT2D eigenvalue weighted by atomic mass is 35.5. The highest BCUT2D eigenvalue weighted by Gasteiger charge is 2.17. The molecule has 2 rings (SSSR count). The van der Waals surface area contributed by atoms with E-state index in [0.717, 1.165) is 0 Å². The smallest absolute Gasteiger partial charge is 0.273 e. The maximum atomic E-state index is 12.2. The maximum absolute atomic E-state index is 12.2. The van der Waals surface area contributed by atoms with E-state index in [1.165, 1.54) is 24.3 Å². The quantitative estimate of drug-likeness (QED) is 0.480. The first kappa shape index (κ1) is 14.5. The van der Waals surface area contributed by atoms with Crippen molar-refractivity contribution in [2.75, 3.05) is 0 Å². The van der Waals surface area contributed by atoms with E-state index in [4.69, 9.17) is 23.2 Å². The molecule has 0 aromatic heterocycles. The Labute approximate surface area is 125 Å². The first-order valence-electron chi connectivity index (χ1n) is 5.69. The van der Waals surface area contributed by atoms with Gasteiger partial charge in [0.15, 0.2) is 5.78 Å². The molecular formula is C14H9Cl2NO3. The van der Waals surface area contributed by atoms with Gasteiger partial charge in [0.05, 0.1) is 4.92 Å². The normalized spacial score (nSPS) is 10.3. The van der Waals surface area contributed by atoms with Gasteiger partial charge < -0.3 is 0 Å². The summed E-state index contributed by atoms with van der Waals surface area (Å²) in [7, 11) is 0. The predicted molar refractivity (Wildman–Crippen MR) is 77.6 cm³/mol. The fourth-order valence-corrected chi connectivity index (χ4v) is 2.35. The third-order valence-corrected chi connectivity index (χ3v) is 3.16. The van der Waals surface area contributed by atoms with Crippen molar-refractivity contribution in [3.05, 3.63) is 73.8 Å². The van der Waals surface area contributed by atoms with E-state index in [2.05, 4.69) is 0 Å². The maximum Gasteiger partial charge on any atom is 0.273 e. The summed E-state index contributed by atoms with van der Waals surface area (Å²) in [6.45, 7) is 0. The van der Waals surface area contributed by atoms with Crippen LogP contribution in [0.4, 0.5) is 5.69 Å². The van der Waals surface area contributed by atoms with Crippen LogP contribution in [0.25, 0.3) is 0 Å². The standard InChI is InChI=1S/C14H9Cl2NO3/c15-11-5-10(6-12(16)8-11)14(18)7-9-3-1-2-4-13(9)17(19)20/h1-6,8H,7H2. The Balaban J connectivity index is 2.30. The molecule has 0 spiro atoms. The van der Waals surface area contributed by atoms with E-state index in [1.807, 2.05) is 0 Å². The zero-order valence-corrected chi connectivity index (χ0v) is 11.7. The molecule has 0 fully saturated rings. The molecule has 0 aliphatic carbocycles. The first-order valence-corrected chi connectivity index (χ1v) is 6.44. The largest absolute Gasteiger partial charge is 0.294 e. The van der Waals surface area contributed by atoms with Gasteiger partial charge in [-0.15, -0.1) is 0 Å². The Morgan fingerprint density at radius 1 is 1.10 bits per heavy atom. The SMILES string of the molecule is O=C(Cc1ccccc1[N+](=O)[O-])c1cc(Cl)cc(Cl)c1. The Hall–Kier alpha value is -1.91. The van der Waals surface area contributed by atoms with Gasteiger partial charge in [0.1, 0.15) is 0 Å². The molecule has 0 atom stereocenters. The van der Waals surface area contributed by atoms with E-state index in [9.17, 15) is 14.9 Å². The molecule has 0 heterocycles. The lowest BCUT2D eigenvalue weighted by Gasteiger charge is -2.04. The summed E-state index contributed by atoms with van der Waals surface area (Å²) >= 11 is 11.7. The van der Waals surface area contributed by atoms with Crippen molar-refractivity contribution in [2.24, 2.45) is 0 Å². The fraction of sp³-hybridized carbons (Fsp3) is 0.0714. The van der Waals surface area contributed by atoms with Gasteiger partial charge in [-0.05, 0) is 18.2 Å². The van der Waals surface area contributed by atoms with Gasteiger partial charge in [-0.25, -0.2) is 0 Å². The van der Waals surface area contributed by atoms with Crippen LogP contribution in [-0.4, -0.2) is 10.7 Å². The van der Waals surface area contributed by atoms with Gasteiger partial charge in [0.25, 0.3) is 5.69 Å². The second-order valence-corrected chi connectivity index (χ2v) is 5.02. The number of hydrogen-bond donors (Lipinski definition) is 0. The molecule has 20 heavy (non-hydrogen) atoms. The lowest BCUT2D eigenvalue weighted by atomic mass is 10.0. The molecule has 0 amide bonds. The van der Waals surface area contributed by atoms with E-state index >= 15 is 0 Å². The summed E-state index contributed by atoms with van der Waals surface area (Å²) in [5, 5.41) is 11.6. The Morgan fingerprint density at radius 2 is 1.70 bits per heavy atom. The Kier molecular flexibility index (Phi) is 4.37. The molecular weight excluding hydrogens is 301 g/mol. The van der Waals surface area contributed by atoms with E-state index in [1.54, 1.807) is 18.2 Å². The number of nitro groups is 1. The molecule has 0 unspecified atom stereocenters. The van der Waals surface area contributed by atoms with Crippen LogP contribution < -0.4 is 0 Å². The number of Topliss-reactive ketones (excluding diaryl/α,β-unsaturated/α-hetero) is 1. The molecule has 0 bridgehead atoms. The van der Waals surface area contributed by atoms with Crippen LogP contribution in [0.3, 0.4) is 0 Å². The van der Waals surface area contributed by atoms with Gasteiger partial charge in [-0.2, -0.15) is 0 Å². The van der Waals surface area contributed by atoms with Crippen molar-refractivity contribution < 1.29 is 9.72 Å². The molecule has 0 aliphatic rings. The third-order valence-electron chi connectivity index (χ3n) is 2.72. The van der Waals surface area contributed by atoms with Crippen LogP contribution >= 0.6 is 23.2 Å². The average molecular weight is 310 g/mol. The zero-order valence-electron chi connectivity index (χ0n) is 10.2. The summed E-state index contributed by atoms with van der Waals surface area (Å²) in [4.78, 5) is 22.5. The summed E-state index contributed by atoms with van der Waals surface area (Å²) in [5.41, 5.74) is 0.619. The monoisotopic (exact) mass is 309 g/mol. The minimum atomic E-state index is -0.506. The molecule has 0 N–H and O–H groups in total. The van der Waals surface area contributed by atoms with Crippen molar-refractivity contribution in [1.82, 2.24) is 0 Å². The number of hydrogen-bond acceptors (Lipinski definition) is 3. The average Bonchev–Trinajstić information content (AvgIpc) is 2.37. The van der Waals surface area contributed by atoms with Crippen molar-refractivity contribution >= 4 is 34.7 Å². The molecule has 0 saturated heterocycles. The third kappa shape index (κ3) is 3.35. The number of halogens is 2. The lowest BCUT2D eigenvalue weighted by Crippen LogP contribution is -2.06. The molecule has 6 heteroatoms. The van der Waals surface area contributed by atoms with Crippen molar-refractivity contribution in [3.8, 4) is 0 Å². The van der Waals surface area contributed by atoms with Gasteiger partial charge in [0, 0.05) is 33.7 Å². The summed E-state index contributed by atoms with van der Waals surface area (Å²) in [5.74, 6) is -0.274. The molecule has 2 aromatic carbocycles. The molecule has 2 aromatic rings. The molecule has 0 radical (unpaired) electrons. The lowest BCUT2D eigenvalue weighted by molar-refractivity contribution is -0.385. The van der Waals surface area contributed by atoms with Crippen LogP contribution in [0, 0.1) is 10.1 Å². The number of rotatable bonds is 4. The van der Waals surface area contributed by atoms with E-state index in [-0.39, 0.29) is 17.9 Å². The van der Waals surface area contributed by atoms with Gasteiger partial charge in [0.2, 0.25) is 0 Å². The van der Waals surface area contributed by atoms with Crippen molar-refractivity contribution in [2.45, 2.75) is 6.42 Å². The minimum absolute atomic E-state index is 0.0750. The molecule has 4 nitrogen and oxygen atoms in total. The van der Waals surface area contributed by atoms with Gasteiger partial charge in [-0.3, -0.25) is 14.9 Å². The number of carbonyl (C=O) groups is 1. The number of ketones is 1. The predicted octanol–water partition coefficient (Wildman–Crippen LogP) is 4.33. The van der Waals surface area contributed by atoms with Crippen molar-refractivity contribution in [1.29, 1.82) is 0 Å². The molecule has 0 aliphatic heterocycles. The second-order valence-electron chi connectivity index (χ2n) is 4.14. The second kappa shape index (κ2) is 6.03. The zero-order chi connectivity index (χ0) is 14.7. The topological polar surface area (TPSA) is 60.2 Å². The molecule has 0 saturated carbocycles. The number of nitro benzene ring substituents is 1. The first-order chi connectivity index (χ1) is 9.47. The number of para-hydroxylation sites is 1. The highest BCUT2D eigenvalue weighted by molar-refractivity contribution is 6.35. The number of benzene rings is 2. The Morgan fingerprint density at radius 3 is 2.30 bits per heavy atom. The van der Waals surface area contributed by atoms with Gasteiger partial charge in [-0.1, -0.05) is 41.4 Å². The van der Waals surface area contributed by atoms with Crippen LogP contribution in [0.2, 0.25) is 10.0 Å². The van der Waals surface area contributed by atoms with Gasteiger partial charge >= 0.3 is 0 Å². The Bertz CT molecular complexity index is 666. The fourth-order valence-electron chi connectivity index (χ4n) is 1.83. The van der Waals surface area contributed by atoms with Crippen LogP contribution in [0.1, 0.15) is 15.9 Å². The summed E-state index contributed by atoms with van der Waals surface area (Å²) < 4.78 is 0. The highest BCUT2D eigenvalue weighted by Crippen LogP contribution is 2.23. The number of nitrogens with zero attached hydrogens (tertiary/aromatic N) is 1. The van der Waals surface area contributed by atoms with E-state index in [0.29, 0.717) is 21.2 Å². The minimum Gasteiger partial charge on any atom is -0.294 e. The van der Waals surface area contributed by atoms with Crippen molar-refractivity contribution in [3.63, 3.8) is 0 Å². The van der Waals surface area contributed by atoms with Crippen LogP contribution in [-0.2, 0) is 6.42 Å². The van der Waals surface area contributed by atoms with E-state index < -0.39 is 4.92 Å².